The van der Waals surface area contributed by atoms with Crippen molar-refractivity contribution >= 4 is 11.6 Å². The molecule has 0 radical (unpaired) electrons. The summed E-state index contributed by atoms with van der Waals surface area (Å²) in [5, 5.41) is 2.73. The summed E-state index contributed by atoms with van der Waals surface area (Å²) in [4.78, 5) is 15.8. The molecule has 0 aliphatic heterocycles. The number of nitrogens with one attached hydrogen (secondary N) is 1. The van der Waals surface area contributed by atoms with E-state index < -0.39 is 5.82 Å². The van der Waals surface area contributed by atoms with Crippen LogP contribution < -0.4 is 5.32 Å². The van der Waals surface area contributed by atoms with E-state index in [1.807, 2.05) is 19.0 Å². The van der Waals surface area contributed by atoms with Crippen LogP contribution in [0.5, 0.6) is 0 Å². The summed E-state index contributed by atoms with van der Waals surface area (Å²) in [6, 6.07) is 4.51. The average Bonchev–Trinajstić information content (AvgIpc) is 2.34. The van der Waals surface area contributed by atoms with Gasteiger partial charge in [0.2, 0.25) is 0 Å². The topological polar surface area (TPSA) is 35.6 Å². The first-order chi connectivity index (χ1) is 8.47. The summed E-state index contributed by atoms with van der Waals surface area (Å²) in [6.07, 6.45) is 0. The SMILES string of the molecule is CNc1c(F)cccc1C(=O)N(C)CCN(C)C. The molecule has 5 heteroatoms. The van der Waals surface area contributed by atoms with E-state index in [-0.39, 0.29) is 11.6 Å². The molecule has 0 unspecified atom stereocenters. The van der Waals surface area contributed by atoms with Crippen molar-refractivity contribution in [2.75, 3.05) is 46.6 Å². The molecule has 0 aliphatic rings. The third kappa shape index (κ3) is 3.43. The zero-order chi connectivity index (χ0) is 13.7. The van der Waals surface area contributed by atoms with Crippen LogP contribution in [0.2, 0.25) is 0 Å². The van der Waals surface area contributed by atoms with Crippen molar-refractivity contribution < 1.29 is 9.18 Å². The molecule has 0 bridgehead atoms. The van der Waals surface area contributed by atoms with Gasteiger partial charge in [0.1, 0.15) is 5.82 Å². The van der Waals surface area contributed by atoms with Crippen molar-refractivity contribution in [1.29, 1.82) is 0 Å². The maximum absolute atomic E-state index is 13.5. The molecule has 4 nitrogen and oxygen atoms in total. The Kier molecular flexibility index (Phi) is 5.09. The van der Waals surface area contributed by atoms with Crippen molar-refractivity contribution in [3.63, 3.8) is 0 Å². The Morgan fingerprint density at radius 2 is 1.94 bits per heavy atom. The van der Waals surface area contributed by atoms with Crippen LogP contribution in [0.15, 0.2) is 18.2 Å². The first-order valence-electron chi connectivity index (χ1n) is 5.83. The lowest BCUT2D eigenvalue weighted by atomic mass is 10.1. The third-order valence-corrected chi connectivity index (χ3v) is 2.72. The van der Waals surface area contributed by atoms with Crippen LogP contribution in [-0.2, 0) is 0 Å². The number of benzene rings is 1. The molecular formula is C13H20FN3O. The minimum absolute atomic E-state index is 0.180. The third-order valence-electron chi connectivity index (χ3n) is 2.72. The Labute approximate surface area is 107 Å². The molecule has 100 valence electrons. The summed E-state index contributed by atoms with van der Waals surface area (Å²) in [5.41, 5.74) is 0.609. The molecule has 0 aromatic heterocycles. The van der Waals surface area contributed by atoms with E-state index in [1.54, 1.807) is 31.1 Å². The van der Waals surface area contributed by atoms with Crippen molar-refractivity contribution in [2.24, 2.45) is 0 Å². The molecule has 1 aromatic rings. The number of para-hydroxylation sites is 1. The summed E-state index contributed by atoms with van der Waals surface area (Å²) >= 11 is 0. The Morgan fingerprint density at radius 3 is 2.50 bits per heavy atom. The van der Waals surface area contributed by atoms with Gasteiger partial charge in [-0.3, -0.25) is 4.79 Å². The van der Waals surface area contributed by atoms with Crippen LogP contribution in [-0.4, -0.2) is 57.0 Å². The van der Waals surface area contributed by atoms with Crippen molar-refractivity contribution in [3.05, 3.63) is 29.6 Å². The fourth-order valence-corrected chi connectivity index (χ4v) is 1.61. The van der Waals surface area contributed by atoms with E-state index in [2.05, 4.69) is 5.32 Å². The van der Waals surface area contributed by atoms with Crippen molar-refractivity contribution in [3.8, 4) is 0 Å². The molecule has 0 atom stereocenters. The molecule has 18 heavy (non-hydrogen) atoms. The van der Waals surface area contributed by atoms with Crippen LogP contribution in [0.4, 0.5) is 10.1 Å². The van der Waals surface area contributed by atoms with E-state index in [1.165, 1.54) is 6.07 Å². The largest absolute Gasteiger partial charge is 0.385 e. The maximum Gasteiger partial charge on any atom is 0.255 e. The van der Waals surface area contributed by atoms with E-state index in [0.717, 1.165) is 6.54 Å². The smallest absolute Gasteiger partial charge is 0.255 e. The van der Waals surface area contributed by atoms with E-state index >= 15 is 0 Å². The number of halogens is 1. The van der Waals surface area contributed by atoms with Crippen LogP contribution in [0, 0.1) is 5.82 Å². The van der Waals surface area contributed by atoms with Crippen molar-refractivity contribution in [1.82, 2.24) is 9.80 Å². The normalized spacial score (nSPS) is 10.6. The van der Waals surface area contributed by atoms with Gasteiger partial charge in [0.25, 0.3) is 5.91 Å². The predicted octanol–water partition coefficient (Wildman–Crippen LogP) is 1.50. The zero-order valence-electron chi connectivity index (χ0n) is 11.3. The summed E-state index contributed by atoms with van der Waals surface area (Å²) in [7, 11) is 7.21. The quantitative estimate of drug-likeness (QED) is 0.864. The number of likely N-dealkylation sites (N-methyl/N-ethyl adjacent to an activating group) is 2. The van der Waals surface area contributed by atoms with Gasteiger partial charge in [-0.25, -0.2) is 4.39 Å². The van der Waals surface area contributed by atoms with Crippen LogP contribution in [0.1, 0.15) is 10.4 Å². The summed E-state index contributed by atoms with van der Waals surface area (Å²) in [6.45, 7) is 1.37. The number of hydrogen-bond donors (Lipinski definition) is 1. The number of nitrogens with zero attached hydrogens (tertiary/aromatic N) is 2. The molecule has 1 aromatic carbocycles. The summed E-state index contributed by atoms with van der Waals surface area (Å²) < 4.78 is 13.5. The van der Waals surface area contributed by atoms with Gasteiger partial charge in [0, 0.05) is 27.2 Å². The molecule has 1 rings (SSSR count). The van der Waals surface area contributed by atoms with Crippen molar-refractivity contribution in [2.45, 2.75) is 0 Å². The first-order valence-corrected chi connectivity index (χ1v) is 5.83. The van der Waals surface area contributed by atoms with Gasteiger partial charge >= 0.3 is 0 Å². The second kappa shape index (κ2) is 6.35. The van der Waals surface area contributed by atoms with Gasteiger partial charge in [-0.2, -0.15) is 0 Å². The highest BCUT2D eigenvalue weighted by molar-refractivity contribution is 5.99. The highest BCUT2D eigenvalue weighted by Crippen LogP contribution is 2.20. The predicted molar refractivity (Wildman–Crippen MR) is 71.5 cm³/mol. The molecule has 0 fully saturated rings. The number of carbonyl (C=O) groups excluding carboxylic acids is 1. The van der Waals surface area contributed by atoms with Gasteiger partial charge < -0.3 is 15.1 Å². The van der Waals surface area contributed by atoms with Gasteiger partial charge in [-0.15, -0.1) is 0 Å². The second-order valence-electron chi connectivity index (χ2n) is 4.44. The van der Waals surface area contributed by atoms with Gasteiger partial charge in [0.15, 0.2) is 0 Å². The van der Waals surface area contributed by atoms with Crippen LogP contribution >= 0.6 is 0 Å². The number of rotatable bonds is 5. The number of carbonyl (C=O) groups is 1. The van der Waals surface area contributed by atoms with E-state index in [0.29, 0.717) is 12.1 Å². The molecule has 1 amide bonds. The standard InChI is InChI=1S/C13H20FN3O/c1-15-12-10(6-5-7-11(12)14)13(18)17(4)9-8-16(2)3/h5-7,15H,8-9H2,1-4H3. The second-order valence-corrected chi connectivity index (χ2v) is 4.44. The lowest BCUT2D eigenvalue weighted by Gasteiger charge is -2.21. The fraction of sp³-hybridized carbons (Fsp3) is 0.462. The molecule has 0 saturated carbocycles. The molecule has 0 saturated heterocycles. The minimum Gasteiger partial charge on any atom is -0.385 e. The zero-order valence-corrected chi connectivity index (χ0v) is 11.3. The van der Waals surface area contributed by atoms with Crippen LogP contribution in [0.3, 0.4) is 0 Å². The minimum atomic E-state index is -0.413. The fourth-order valence-electron chi connectivity index (χ4n) is 1.61. The Hall–Kier alpha value is -1.62. The Morgan fingerprint density at radius 1 is 1.28 bits per heavy atom. The highest BCUT2D eigenvalue weighted by atomic mass is 19.1. The van der Waals surface area contributed by atoms with Crippen LogP contribution in [0.25, 0.3) is 0 Å². The maximum atomic E-state index is 13.5. The first kappa shape index (κ1) is 14.4. The highest BCUT2D eigenvalue weighted by Gasteiger charge is 2.17. The molecular weight excluding hydrogens is 233 g/mol. The number of amides is 1. The monoisotopic (exact) mass is 253 g/mol. The van der Waals surface area contributed by atoms with Gasteiger partial charge in [-0.05, 0) is 26.2 Å². The average molecular weight is 253 g/mol. The lowest BCUT2D eigenvalue weighted by molar-refractivity contribution is 0.0787. The molecule has 0 heterocycles. The Balaban J connectivity index is 2.86. The molecule has 0 aliphatic carbocycles. The van der Waals surface area contributed by atoms with E-state index in [9.17, 15) is 9.18 Å². The Bertz CT molecular complexity index is 421. The van der Waals surface area contributed by atoms with E-state index in [4.69, 9.17) is 0 Å². The number of hydrogen-bond acceptors (Lipinski definition) is 3. The van der Waals surface area contributed by atoms with Gasteiger partial charge in [-0.1, -0.05) is 6.07 Å². The molecule has 0 spiro atoms. The van der Waals surface area contributed by atoms with Gasteiger partial charge in [0.05, 0.1) is 11.3 Å². The lowest BCUT2D eigenvalue weighted by Crippen LogP contribution is -2.33. The number of anilines is 1. The summed E-state index contributed by atoms with van der Waals surface area (Å²) in [5.74, 6) is -0.593. The molecule has 1 N–H and O–H groups in total.